The van der Waals surface area contributed by atoms with Crippen LogP contribution >= 0.6 is 0 Å². The van der Waals surface area contributed by atoms with Crippen LogP contribution in [0.1, 0.15) is 52.7 Å². The van der Waals surface area contributed by atoms with Gasteiger partial charge in [-0.15, -0.1) is 0 Å². The summed E-state index contributed by atoms with van der Waals surface area (Å²) in [7, 11) is 0. The molecule has 2 aliphatic heterocycles. The van der Waals surface area contributed by atoms with E-state index in [9.17, 15) is 4.79 Å². The fourth-order valence-corrected chi connectivity index (χ4v) is 3.90. The van der Waals surface area contributed by atoms with Crippen LogP contribution in [-0.4, -0.2) is 52.1 Å². The molecule has 3 heterocycles. The zero-order chi connectivity index (χ0) is 19.7. The summed E-state index contributed by atoms with van der Waals surface area (Å²) in [5.41, 5.74) is 1.68. The SMILES string of the molecule is CC(C)(C)OC(=O)N1CCC(Nc2ccc3c(cnn3C3CCCCO3)c2)C1. The first-order valence-electron chi connectivity index (χ1n) is 10.2. The number of anilines is 1. The maximum atomic E-state index is 12.2. The fourth-order valence-electron chi connectivity index (χ4n) is 3.90. The summed E-state index contributed by atoms with van der Waals surface area (Å²) in [5.74, 6) is 0. The average molecular weight is 386 g/mol. The predicted octanol–water partition coefficient (Wildman–Crippen LogP) is 4.16. The van der Waals surface area contributed by atoms with Gasteiger partial charge in [-0.25, -0.2) is 9.48 Å². The summed E-state index contributed by atoms with van der Waals surface area (Å²) in [6, 6.07) is 6.53. The Bertz CT molecular complexity index is 836. The molecule has 0 saturated carbocycles. The highest BCUT2D eigenvalue weighted by atomic mass is 16.6. The van der Waals surface area contributed by atoms with Gasteiger partial charge in [0.2, 0.25) is 0 Å². The number of carbonyl (C=O) groups is 1. The van der Waals surface area contributed by atoms with E-state index < -0.39 is 5.60 Å². The minimum atomic E-state index is -0.462. The van der Waals surface area contributed by atoms with E-state index in [1.165, 1.54) is 6.42 Å². The van der Waals surface area contributed by atoms with Crippen molar-refractivity contribution in [3.63, 3.8) is 0 Å². The summed E-state index contributed by atoms with van der Waals surface area (Å²) < 4.78 is 13.3. The summed E-state index contributed by atoms with van der Waals surface area (Å²) in [6.45, 7) is 7.86. The molecule has 2 atom stereocenters. The average Bonchev–Trinajstić information content (AvgIpc) is 3.28. The molecule has 0 bridgehead atoms. The molecular formula is C21H30N4O3. The zero-order valence-corrected chi connectivity index (χ0v) is 17.0. The molecule has 152 valence electrons. The van der Waals surface area contributed by atoms with E-state index in [1.807, 2.05) is 31.6 Å². The van der Waals surface area contributed by atoms with Gasteiger partial charge in [0, 0.05) is 36.8 Å². The van der Waals surface area contributed by atoms with E-state index in [4.69, 9.17) is 9.47 Å². The lowest BCUT2D eigenvalue weighted by Gasteiger charge is -2.24. The van der Waals surface area contributed by atoms with Gasteiger partial charge in [0.05, 0.1) is 11.7 Å². The molecule has 7 nitrogen and oxygen atoms in total. The minimum absolute atomic E-state index is 0.0438. The van der Waals surface area contributed by atoms with E-state index >= 15 is 0 Å². The van der Waals surface area contributed by atoms with E-state index in [-0.39, 0.29) is 18.4 Å². The Kier molecular flexibility index (Phi) is 5.19. The Labute approximate surface area is 166 Å². The number of aromatic nitrogens is 2. The number of hydrogen-bond acceptors (Lipinski definition) is 5. The van der Waals surface area contributed by atoms with Crippen LogP contribution in [0.25, 0.3) is 10.9 Å². The zero-order valence-electron chi connectivity index (χ0n) is 17.0. The molecule has 2 aliphatic rings. The highest BCUT2D eigenvalue weighted by molar-refractivity contribution is 5.82. The number of nitrogens with one attached hydrogen (secondary N) is 1. The lowest BCUT2D eigenvalue weighted by Crippen LogP contribution is -2.36. The van der Waals surface area contributed by atoms with Crippen molar-refractivity contribution in [2.24, 2.45) is 0 Å². The van der Waals surface area contributed by atoms with Crippen LogP contribution in [0.3, 0.4) is 0 Å². The van der Waals surface area contributed by atoms with Crippen LogP contribution in [-0.2, 0) is 9.47 Å². The van der Waals surface area contributed by atoms with Gasteiger partial charge < -0.3 is 19.7 Å². The molecule has 28 heavy (non-hydrogen) atoms. The minimum Gasteiger partial charge on any atom is -0.444 e. The number of nitrogens with zero attached hydrogens (tertiary/aromatic N) is 3. The first-order valence-corrected chi connectivity index (χ1v) is 10.2. The van der Waals surface area contributed by atoms with Crippen molar-refractivity contribution in [2.75, 3.05) is 25.0 Å². The van der Waals surface area contributed by atoms with Gasteiger partial charge in [-0.05, 0) is 64.7 Å². The molecule has 7 heteroatoms. The third-order valence-electron chi connectivity index (χ3n) is 5.23. The smallest absolute Gasteiger partial charge is 0.410 e. The quantitative estimate of drug-likeness (QED) is 0.858. The van der Waals surface area contributed by atoms with Gasteiger partial charge in [-0.1, -0.05) is 0 Å². The Morgan fingerprint density at radius 2 is 2.14 bits per heavy atom. The molecule has 1 aromatic heterocycles. The maximum Gasteiger partial charge on any atom is 0.410 e. The van der Waals surface area contributed by atoms with Crippen molar-refractivity contribution in [1.29, 1.82) is 0 Å². The molecule has 0 aliphatic carbocycles. The van der Waals surface area contributed by atoms with Crippen LogP contribution in [0.5, 0.6) is 0 Å². The number of hydrogen-bond donors (Lipinski definition) is 1. The number of rotatable bonds is 3. The number of amides is 1. The second-order valence-corrected chi connectivity index (χ2v) is 8.74. The van der Waals surface area contributed by atoms with Crippen molar-refractivity contribution in [1.82, 2.24) is 14.7 Å². The molecule has 0 radical (unpaired) electrons. The Balaban J connectivity index is 1.40. The summed E-state index contributed by atoms with van der Waals surface area (Å²) in [6.07, 6.45) is 5.95. The van der Waals surface area contributed by atoms with Crippen LogP contribution < -0.4 is 5.32 Å². The Morgan fingerprint density at radius 3 is 2.89 bits per heavy atom. The molecule has 1 N–H and O–H groups in total. The lowest BCUT2D eigenvalue weighted by molar-refractivity contribution is -0.0366. The molecular weight excluding hydrogens is 356 g/mol. The van der Waals surface area contributed by atoms with Crippen molar-refractivity contribution in [2.45, 2.75) is 64.3 Å². The summed E-state index contributed by atoms with van der Waals surface area (Å²) >= 11 is 0. The van der Waals surface area contributed by atoms with Crippen LogP contribution in [0.4, 0.5) is 10.5 Å². The normalized spacial score (nSPS) is 23.2. The fraction of sp³-hybridized carbons (Fsp3) is 0.619. The van der Waals surface area contributed by atoms with Gasteiger partial charge in [-0.3, -0.25) is 0 Å². The number of likely N-dealkylation sites (tertiary alicyclic amines) is 1. The molecule has 1 amide bonds. The summed E-state index contributed by atoms with van der Waals surface area (Å²) in [5, 5.41) is 9.21. The number of ether oxygens (including phenoxy) is 2. The standard InChI is InChI=1S/C21H30N4O3/c1-21(2,3)28-20(26)24-10-9-17(14-24)23-16-7-8-18-15(12-16)13-22-25(18)19-6-4-5-11-27-19/h7-8,12-13,17,19,23H,4-6,9-11,14H2,1-3H3. The lowest BCUT2D eigenvalue weighted by atomic mass is 10.1. The van der Waals surface area contributed by atoms with E-state index in [2.05, 4.69) is 28.6 Å². The summed E-state index contributed by atoms with van der Waals surface area (Å²) in [4.78, 5) is 14.0. The predicted molar refractivity (Wildman–Crippen MR) is 108 cm³/mol. The molecule has 0 spiro atoms. The topological polar surface area (TPSA) is 68.6 Å². The Hall–Kier alpha value is -2.28. The first-order chi connectivity index (χ1) is 13.4. The molecule has 2 aromatic rings. The van der Waals surface area contributed by atoms with Crippen LogP contribution in [0.15, 0.2) is 24.4 Å². The maximum absolute atomic E-state index is 12.2. The highest BCUT2D eigenvalue weighted by Gasteiger charge is 2.29. The largest absolute Gasteiger partial charge is 0.444 e. The molecule has 2 saturated heterocycles. The molecule has 1 aromatic carbocycles. The molecule has 4 rings (SSSR count). The van der Waals surface area contributed by atoms with Crippen molar-refractivity contribution in [3.8, 4) is 0 Å². The number of carbonyl (C=O) groups excluding carboxylic acids is 1. The van der Waals surface area contributed by atoms with Crippen molar-refractivity contribution < 1.29 is 14.3 Å². The van der Waals surface area contributed by atoms with Crippen molar-refractivity contribution in [3.05, 3.63) is 24.4 Å². The van der Waals surface area contributed by atoms with Gasteiger partial charge in [0.15, 0.2) is 6.23 Å². The second kappa shape index (κ2) is 7.62. The van der Waals surface area contributed by atoms with E-state index in [1.54, 1.807) is 4.90 Å². The Morgan fingerprint density at radius 1 is 1.29 bits per heavy atom. The van der Waals surface area contributed by atoms with E-state index in [0.29, 0.717) is 13.1 Å². The molecule has 2 unspecified atom stereocenters. The van der Waals surface area contributed by atoms with E-state index in [0.717, 1.165) is 42.5 Å². The monoisotopic (exact) mass is 386 g/mol. The van der Waals surface area contributed by atoms with Crippen molar-refractivity contribution >= 4 is 22.7 Å². The van der Waals surface area contributed by atoms with Gasteiger partial charge in [-0.2, -0.15) is 5.10 Å². The third kappa shape index (κ3) is 4.24. The highest BCUT2D eigenvalue weighted by Crippen LogP contribution is 2.28. The molecule has 2 fully saturated rings. The van der Waals surface area contributed by atoms with Gasteiger partial charge >= 0.3 is 6.09 Å². The van der Waals surface area contributed by atoms with Gasteiger partial charge in [0.25, 0.3) is 0 Å². The first kappa shape index (κ1) is 19.1. The number of benzene rings is 1. The number of fused-ring (bicyclic) bond motifs is 1. The van der Waals surface area contributed by atoms with Crippen LogP contribution in [0, 0.1) is 0 Å². The van der Waals surface area contributed by atoms with Gasteiger partial charge in [0.1, 0.15) is 5.60 Å². The second-order valence-electron chi connectivity index (χ2n) is 8.74. The van der Waals surface area contributed by atoms with Crippen LogP contribution in [0.2, 0.25) is 0 Å². The third-order valence-corrected chi connectivity index (χ3v) is 5.23.